The van der Waals surface area contributed by atoms with E-state index < -0.39 is 23.5 Å². The molecule has 0 heterocycles. The van der Waals surface area contributed by atoms with E-state index in [1.807, 2.05) is 0 Å². The van der Waals surface area contributed by atoms with E-state index in [9.17, 15) is 27.2 Å². The van der Waals surface area contributed by atoms with Crippen LogP contribution in [-0.2, 0) is 22.2 Å². The quantitative estimate of drug-likeness (QED) is 0.179. The van der Waals surface area contributed by atoms with Crippen molar-refractivity contribution >= 4 is 11.8 Å². The number of hydrogen-bond donors (Lipinski definition) is 1. The molecule has 0 radical (unpaired) electrons. The van der Waals surface area contributed by atoms with E-state index in [1.165, 1.54) is 44.6 Å². The number of carboxylic acid groups (broad SMARTS) is 1. The van der Waals surface area contributed by atoms with Crippen molar-refractivity contribution in [1.29, 1.82) is 0 Å². The van der Waals surface area contributed by atoms with Gasteiger partial charge in [-0.25, -0.2) is 4.39 Å². The third kappa shape index (κ3) is 13.5. The smallest absolute Gasteiger partial charge is 0.419 e. The minimum Gasteiger partial charge on any atom is -0.481 e. The van der Waals surface area contributed by atoms with E-state index in [-0.39, 0.29) is 24.2 Å². The van der Waals surface area contributed by atoms with Gasteiger partial charge in [0.25, 0.3) is 0 Å². The van der Waals surface area contributed by atoms with E-state index in [4.69, 9.17) is 5.11 Å². The van der Waals surface area contributed by atoms with Crippen LogP contribution in [-0.4, -0.2) is 16.9 Å². The molecule has 0 aliphatic rings. The maximum Gasteiger partial charge on any atom is 0.419 e. The van der Waals surface area contributed by atoms with Crippen molar-refractivity contribution in [3.63, 3.8) is 0 Å². The lowest BCUT2D eigenvalue weighted by Crippen LogP contribution is -2.09. The van der Waals surface area contributed by atoms with Crippen LogP contribution in [0.2, 0.25) is 0 Å². The number of halogens is 4. The Morgan fingerprint density at radius 3 is 1.56 bits per heavy atom. The van der Waals surface area contributed by atoms with Crippen molar-refractivity contribution < 1.29 is 32.3 Å². The summed E-state index contributed by atoms with van der Waals surface area (Å²) in [6.07, 6.45) is 9.86. The number of benzene rings is 1. The molecule has 0 saturated carbocycles. The zero-order valence-electron chi connectivity index (χ0n) is 18.8. The molecule has 0 aliphatic heterocycles. The zero-order valence-corrected chi connectivity index (χ0v) is 18.8. The number of carboxylic acids is 1. The van der Waals surface area contributed by atoms with Crippen LogP contribution in [0.4, 0.5) is 17.6 Å². The Balaban J connectivity index is 1.97. The SMILES string of the molecule is O=C(O)CCCCCCCCCCCCCCCC(=O)Cc1ccc(C(F)(F)F)c(F)c1. The summed E-state index contributed by atoms with van der Waals surface area (Å²) in [4.78, 5) is 22.4. The Hall–Kier alpha value is -1.92. The number of carbonyl (C=O) groups excluding carboxylic acids is 1. The molecule has 32 heavy (non-hydrogen) atoms. The van der Waals surface area contributed by atoms with Crippen molar-refractivity contribution in [2.45, 2.75) is 109 Å². The van der Waals surface area contributed by atoms with Gasteiger partial charge in [-0.3, -0.25) is 9.59 Å². The van der Waals surface area contributed by atoms with E-state index in [1.54, 1.807) is 0 Å². The van der Waals surface area contributed by atoms with Gasteiger partial charge in [-0.1, -0.05) is 76.7 Å². The lowest BCUT2D eigenvalue weighted by atomic mass is 10.0. The van der Waals surface area contributed by atoms with Crippen LogP contribution < -0.4 is 0 Å². The Morgan fingerprint density at radius 1 is 0.719 bits per heavy atom. The number of carbonyl (C=O) groups is 2. The number of rotatable bonds is 18. The fourth-order valence-corrected chi connectivity index (χ4v) is 3.76. The molecule has 0 atom stereocenters. The van der Waals surface area contributed by atoms with E-state index >= 15 is 0 Å². The van der Waals surface area contributed by atoms with Crippen molar-refractivity contribution in [2.75, 3.05) is 0 Å². The molecule has 1 aromatic rings. The van der Waals surface area contributed by atoms with Crippen molar-refractivity contribution in [3.05, 3.63) is 35.1 Å². The number of Topliss-reactive ketones (excluding diaryl/α,β-unsaturated/α-hetero) is 1. The predicted molar refractivity (Wildman–Crippen MR) is 117 cm³/mol. The summed E-state index contributed by atoms with van der Waals surface area (Å²) >= 11 is 0. The summed E-state index contributed by atoms with van der Waals surface area (Å²) in [5.74, 6) is -2.13. The summed E-state index contributed by atoms with van der Waals surface area (Å²) in [5, 5.41) is 8.56. The van der Waals surface area contributed by atoms with Gasteiger partial charge in [0.05, 0.1) is 5.56 Å². The molecule has 0 bridgehead atoms. The Labute approximate surface area is 188 Å². The number of hydrogen-bond acceptors (Lipinski definition) is 2. The Morgan fingerprint density at radius 2 is 1.16 bits per heavy atom. The highest BCUT2D eigenvalue weighted by Crippen LogP contribution is 2.31. The van der Waals surface area contributed by atoms with E-state index in [2.05, 4.69) is 0 Å². The summed E-state index contributed by atoms with van der Waals surface area (Å²) in [6, 6.07) is 2.67. The molecule has 0 unspecified atom stereocenters. The summed E-state index contributed by atoms with van der Waals surface area (Å²) in [7, 11) is 0. The fraction of sp³-hybridized carbons (Fsp3) is 0.680. The number of alkyl halides is 3. The molecular formula is C25H36F4O3. The Kier molecular flexibility index (Phi) is 13.9. The van der Waals surface area contributed by atoms with Gasteiger partial charge in [0.1, 0.15) is 11.6 Å². The monoisotopic (exact) mass is 460 g/mol. The van der Waals surface area contributed by atoms with Crippen LogP contribution in [0.15, 0.2) is 18.2 Å². The highest BCUT2D eigenvalue weighted by molar-refractivity contribution is 5.80. The third-order valence-electron chi connectivity index (χ3n) is 5.59. The summed E-state index contributed by atoms with van der Waals surface area (Å²) in [6.45, 7) is 0. The normalized spacial score (nSPS) is 11.6. The minimum absolute atomic E-state index is 0.0331. The van der Waals surface area contributed by atoms with Crippen molar-refractivity contribution in [2.24, 2.45) is 0 Å². The molecule has 0 spiro atoms. The van der Waals surface area contributed by atoms with Crippen molar-refractivity contribution in [1.82, 2.24) is 0 Å². The first-order valence-corrected chi connectivity index (χ1v) is 11.8. The van der Waals surface area contributed by atoms with Gasteiger partial charge >= 0.3 is 12.1 Å². The molecule has 1 rings (SSSR count). The first-order valence-electron chi connectivity index (χ1n) is 11.8. The molecule has 0 fully saturated rings. The zero-order chi connectivity index (χ0) is 23.8. The number of ketones is 1. The van der Waals surface area contributed by atoms with Crippen LogP contribution in [0, 0.1) is 5.82 Å². The average molecular weight is 461 g/mol. The van der Waals surface area contributed by atoms with Gasteiger partial charge in [-0.2, -0.15) is 13.2 Å². The lowest BCUT2D eigenvalue weighted by molar-refractivity contribution is -0.140. The second kappa shape index (κ2) is 15.8. The van der Waals surface area contributed by atoms with E-state index in [0.717, 1.165) is 51.0 Å². The molecular weight excluding hydrogens is 424 g/mol. The fourth-order valence-electron chi connectivity index (χ4n) is 3.76. The van der Waals surface area contributed by atoms with Crippen molar-refractivity contribution in [3.8, 4) is 0 Å². The molecule has 0 aromatic heterocycles. The second-order valence-electron chi connectivity index (χ2n) is 8.52. The highest BCUT2D eigenvalue weighted by atomic mass is 19.4. The molecule has 1 N–H and O–H groups in total. The van der Waals surface area contributed by atoms with Gasteiger partial charge < -0.3 is 5.11 Å². The lowest BCUT2D eigenvalue weighted by Gasteiger charge is -2.09. The van der Waals surface area contributed by atoms with Crippen LogP contribution in [0.5, 0.6) is 0 Å². The molecule has 0 saturated heterocycles. The molecule has 7 heteroatoms. The number of aliphatic carboxylic acids is 1. The first kappa shape index (κ1) is 28.1. The number of unbranched alkanes of at least 4 members (excludes halogenated alkanes) is 12. The molecule has 182 valence electrons. The predicted octanol–water partition coefficient (Wildman–Crippen LogP) is 7.89. The molecule has 1 aromatic carbocycles. The molecule has 0 amide bonds. The summed E-state index contributed by atoms with van der Waals surface area (Å²) < 4.78 is 51.3. The first-order chi connectivity index (χ1) is 15.2. The van der Waals surface area contributed by atoms with Gasteiger partial charge in [-0.15, -0.1) is 0 Å². The minimum atomic E-state index is -4.73. The average Bonchev–Trinajstić information content (AvgIpc) is 2.69. The molecule has 0 aliphatic carbocycles. The van der Waals surface area contributed by atoms with Crippen LogP contribution in [0.1, 0.15) is 107 Å². The summed E-state index contributed by atoms with van der Waals surface area (Å²) in [5.41, 5.74) is -1.03. The van der Waals surface area contributed by atoms with Crippen LogP contribution in [0.3, 0.4) is 0 Å². The molecule has 3 nitrogen and oxygen atoms in total. The maximum absolute atomic E-state index is 13.6. The van der Waals surface area contributed by atoms with Gasteiger partial charge in [-0.05, 0) is 30.5 Å². The second-order valence-corrected chi connectivity index (χ2v) is 8.52. The Bertz CT molecular complexity index is 686. The van der Waals surface area contributed by atoms with Gasteiger partial charge in [0.2, 0.25) is 0 Å². The third-order valence-corrected chi connectivity index (χ3v) is 5.59. The van der Waals surface area contributed by atoms with Crippen LogP contribution >= 0.6 is 0 Å². The highest BCUT2D eigenvalue weighted by Gasteiger charge is 2.33. The van der Waals surface area contributed by atoms with Gasteiger partial charge in [0, 0.05) is 19.3 Å². The largest absolute Gasteiger partial charge is 0.481 e. The topological polar surface area (TPSA) is 54.4 Å². The maximum atomic E-state index is 13.6. The standard InChI is InChI=1S/C25H36F4O3/c26-23-19-20(16-17-22(23)25(27,28)29)18-21(30)14-12-10-8-6-4-2-1-3-5-7-9-11-13-15-24(31)32/h16-17,19H,1-15,18H2,(H,31,32). The van der Waals surface area contributed by atoms with E-state index in [0.29, 0.717) is 12.5 Å². The van der Waals surface area contributed by atoms with Gasteiger partial charge in [0.15, 0.2) is 0 Å². The van der Waals surface area contributed by atoms with Crippen LogP contribution in [0.25, 0.3) is 0 Å².